The zero-order valence-corrected chi connectivity index (χ0v) is 12.1. The normalized spacial score (nSPS) is 11.9. The first-order valence-corrected chi connectivity index (χ1v) is 6.54. The number of oxime groups is 1. The average Bonchev–Trinajstić information content (AvgIpc) is 2.38. The van der Waals surface area contributed by atoms with Gasteiger partial charge in [0.25, 0.3) is 0 Å². The first-order valence-electron chi connectivity index (χ1n) is 6.54. The molecule has 0 bridgehead atoms. The molecule has 3 N–H and O–H groups in total. The number of hydrogen-bond acceptors (Lipinski definition) is 5. The fourth-order valence-electron chi connectivity index (χ4n) is 1.71. The van der Waals surface area contributed by atoms with E-state index in [2.05, 4.69) is 29.0 Å². The average molecular weight is 265 g/mol. The highest BCUT2D eigenvalue weighted by molar-refractivity contribution is 5.80. The molecule has 106 valence electrons. The smallest absolute Gasteiger partial charge is 0.225 e. The summed E-state index contributed by atoms with van der Waals surface area (Å²) in [5.41, 5.74) is 7.48. The van der Waals surface area contributed by atoms with Crippen molar-refractivity contribution < 1.29 is 5.21 Å². The van der Waals surface area contributed by atoms with Crippen LogP contribution in [0.4, 0.5) is 5.95 Å². The summed E-state index contributed by atoms with van der Waals surface area (Å²) in [6.07, 6.45) is 0.485. The van der Waals surface area contributed by atoms with E-state index in [1.165, 1.54) is 0 Å². The summed E-state index contributed by atoms with van der Waals surface area (Å²) < 4.78 is 0. The number of hydrogen-bond donors (Lipinski definition) is 2. The van der Waals surface area contributed by atoms with Crippen molar-refractivity contribution >= 4 is 11.8 Å². The molecule has 19 heavy (non-hydrogen) atoms. The van der Waals surface area contributed by atoms with Crippen LogP contribution < -0.4 is 10.6 Å². The number of anilines is 1. The summed E-state index contributed by atoms with van der Waals surface area (Å²) >= 11 is 0. The number of aryl methyl sites for hydroxylation is 1. The lowest BCUT2D eigenvalue weighted by Gasteiger charge is -2.21. The van der Waals surface area contributed by atoms with Crippen LogP contribution in [0.5, 0.6) is 0 Å². The molecule has 0 amide bonds. The zero-order valence-electron chi connectivity index (χ0n) is 12.1. The van der Waals surface area contributed by atoms with Crippen molar-refractivity contribution in [2.45, 2.75) is 40.0 Å². The third kappa shape index (κ3) is 4.39. The summed E-state index contributed by atoms with van der Waals surface area (Å²) in [4.78, 5) is 11.1. The van der Waals surface area contributed by atoms with Crippen molar-refractivity contribution in [3.8, 4) is 0 Å². The minimum absolute atomic E-state index is 0.218. The molecule has 6 heteroatoms. The van der Waals surface area contributed by atoms with Gasteiger partial charge in [-0.3, -0.25) is 0 Å². The van der Waals surface area contributed by atoms with Gasteiger partial charge >= 0.3 is 0 Å². The van der Waals surface area contributed by atoms with E-state index in [1.807, 2.05) is 24.8 Å². The van der Waals surface area contributed by atoms with E-state index in [1.54, 1.807) is 0 Å². The van der Waals surface area contributed by atoms with Crippen LogP contribution in [-0.2, 0) is 0 Å². The molecule has 0 spiro atoms. The Labute approximate surface area is 114 Å². The Morgan fingerprint density at radius 2 is 2.16 bits per heavy atom. The molecule has 0 fully saturated rings. The fourth-order valence-corrected chi connectivity index (χ4v) is 1.71. The number of aromatic nitrogens is 2. The molecule has 0 aliphatic rings. The number of nitrogens with zero attached hydrogens (tertiary/aromatic N) is 4. The highest BCUT2D eigenvalue weighted by Gasteiger charge is 2.12. The predicted molar refractivity (Wildman–Crippen MR) is 76.8 cm³/mol. The lowest BCUT2D eigenvalue weighted by Crippen LogP contribution is -2.30. The minimum Gasteiger partial charge on any atom is -0.409 e. The first-order chi connectivity index (χ1) is 8.97. The van der Waals surface area contributed by atoms with E-state index >= 15 is 0 Å². The molecule has 0 saturated carbocycles. The molecule has 0 saturated heterocycles. The molecule has 0 aliphatic carbocycles. The molecule has 0 aromatic carbocycles. The molecule has 0 aliphatic heterocycles. The van der Waals surface area contributed by atoms with Crippen LogP contribution in [0.1, 0.15) is 44.5 Å². The molecule has 0 atom stereocenters. The topological polar surface area (TPSA) is 87.6 Å². The van der Waals surface area contributed by atoms with Gasteiger partial charge in [-0.05, 0) is 25.8 Å². The van der Waals surface area contributed by atoms with Crippen molar-refractivity contribution in [1.29, 1.82) is 0 Å². The van der Waals surface area contributed by atoms with Crippen LogP contribution >= 0.6 is 0 Å². The van der Waals surface area contributed by atoms with Crippen LogP contribution in [0.2, 0.25) is 0 Å². The maximum atomic E-state index is 8.57. The molecule has 1 aromatic rings. The second kappa shape index (κ2) is 6.92. The molecule has 0 radical (unpaired) electrons. The quantitative estimate of drug-likeness (QED) is 0.355. The van der Waals surface area contributed by atoms with Gasteiger partial charge in [0.2, 0.25) is 5.95 Å². The van der Waals surface area contributed by atoms with E-state index in [9.17, 15) is 0 Å². The van der Waals surface area contributed by atoms with E-state index in [0.717, 1.165) is 17.9 Å². The Morgan fingerprint density at radius 3 is 2.68 bits per heavy atom. The van der Waals surface area contributed by atoms with Gasteiger partial charge in [-0.1, -0.05) is 19.0 Å². The Morgan fingerprint density at radius 1 is 1.47 bits per heavy atom. The Balaban J connectivity index is 2.91. The van der Waals surface area contributed by atoms with Crippen LogP contribution in [0.25, 0.3) is 0 Å². The van der Waals surface area contributed by atoms with Crippen molar-refractivity contribution in [2.75, 3.05) is 18.0 Å². The maximum Gasteiger partial charge on any atom is 0.225 e. The monoisotopic (exact) mass is 265 g/mol. The first kappa shape index (κ1) is 15.2. The van der Waals surface area contributed by atoms with Crippen molar-refractivity contribution in [2.24, 2.45) is 10.9 Å². The Hall–Kier alpha value is -1.85. The van der Waals surface area contributed by atoms with Gasteiger partial charge in [-0.25, -0.2) is 9.97 Å². The van der Waals surface area contributed by atoms with Crippen LogP contribution in [0, 0.1) is 6.92 Å². The fraction of sp³-hybridized carbons (Fsp3) is 0.615. The van der Waals surface area contributed by atoms with Crippen molar-refractivity contribution in [1.82, 2.24) is 9.97 Å². The standard InChI is InChI=1S/C13H23N5O/c1-5-18(7-6-12(14)17-19)13-15-10(4)8-11(16-13)9(2)3/h8-9,19H,5-7H2,1-4H3,(H2,14,17). The van der Waals surface area contributed by atoms with Crippen LogP contribution in [0.15, 0.2) is 11.2 Å². The van der Waals surface area contributed by atoms with E-state index in [4.69, 9.17) is 10.9 Å². The summed E-state index contributed by atoms with van der Waals surface area (Å²) in [5.74, 6) is 1.29. The highest BCUT2D eigenvalue weighted by Crippen LogP contribution is 2.17. The van der Waals surface area contributed by atoms with Gasteiger partial charge in [0, 0.05) is 30.9 Å². The minimum atomic E-state index is 0.218. The Kier molecular flexibility index (Phi) is 5.54. The SMILES string of the molecule is CCN(CC/C(N)=N/O)c1nc(C)cc(C(C)C)n1. The predicted octanol–water partition coefficient (Wildman–Crippen LogP) is 1.87. The van der Waals surface area contributed by atoms with Gasteiger partial charge < -0.3 is 15.8 Å². The third-order valence-corrected chi connectivity index (χ3v) is 2.88. The van der Waals surface area contributed by atoms with Gasteiger partial charge in [-0.15, -0.1) is 0 Å². The summed E-state index contributed by atoms with van der Waals surface area (Å²) in [6.45, 7) is 9.63. The van der Waals surface area contributed by atoms with Gasteiger partial charge in [-0.2, -0.15) is 0 Å². The van der Waals surface area contributed by atoms with E-state index in [0.29, 0.717) is 24.8 Å². The molecular formula is C13H23N5O. The Bertz CT molecular complexity index is 445. The molecule has 1 heterocycles. The van der Waals surface area contributed by atoms with Crippen LogP contribution in [-0.4, -0.2) is 34.1 Å². The van der Waals surface area contributed by atoms with E-state index < -0.39 is 0 Å². The van der Waals surface area contributed by atoms with Gasteiger partial charge in [0.15, 0.2) is 0 Å². The number of amidine groups is 1. The highest BCUT2D eigenvalue weighted by atomic mass is 16.4. The lowest BCUT2D eigenvalue weighted by atomic mass is 10.1. The lowest BCUT2D eigenvalue weighted by molar-refractivity contribution is 0.317. The molecule has 1 rings (SSSR count). The van der Waals surface area contributed by atoms with Crippen LogP contribution in [0.3, 0.4) is 0 Å². The summed E-state index contributed by atoms with van der Waals surface area (Å²) in [7, 11) is 0. The second-order valence-corrected chi connectivity index (χ2v) is 4.81. The molecule has 6 nitrogen and oxygen atoms in total. The van der Waals surface area contributed by atoms with Crippen molar-refractivity contribution in [3.63, 3.8) is 0 Å². The van der Waals surface area contributed by atoms with Crippen molar-refractivity contribution in [3.05, 3.63) is 17.5 Å². The molecule has 1 aromatic heterocycles. The second-order valence-electron chi connectivity index (χ2n) is 4.81. The zero-order chi connectivity index (χ0) is 14.4. The maximum absolute atomic E-state index is 8.57. The number of nitrogens with two attached hydrogens (primary N) is 1. The van der Waals surface area contributed by atoms with E-state index in [-0.39, 0.29) is 5.84 Å². The molecular weight excluding hydrogens is 242 g/mol. The van der Waals surface area contributed by atoms with Gasteiger partial charge in [0.05, 0.1) is 0 Å². The third-order valence-electron chi connectivity index (χ3n) is 2.88. The molecule has 0 unspecified atom stereocenters. The number of rotatable bonds is 6. The summed E-state index contributed by atoms with van der Waals surface area (Å²) in [6, 6.07) is 2.01. The largest absolute Gasteiger partial charge is 0.409 e. The summed E-state index contributed by atoms with van der Waals surface area (Å²) in [5, 5.41) is 11.5. The van der Waals surface area contributed by atoms with Gasteiger partial charge in [0.1, 0.15) is 5.84 Å².